The molecule has 1 aliphatic carbocycles. The zero-order valence-corrected chi connectivity index (χ0v) is 23.9. The number of imidazole rings is 2. The molecule has 43 heavy (non-hydrogen) atoms. The number of hydrogen-bond donors (Lipinski definition) is 2. The number of nitrogens with two attached hydrogens (primary N) is 1. The van der Waals surface area contributed by atoms with E-state index in [0.717, 1.165) is 31.5 Å². The predicted octanol–water partition coefficient (Wildman–Crippen LogP) is 3.94. The van der Waals surface area contributed by atoms with Crippen LogP contribution in [0, 0.1) is 5.92 Å². The molecular weight excluding hydrogens is 569 g/mol. The molecule has 3 N–H and O–H groups in total. The largest absolute Gasteiger partial charge is 0.573 e. The Morgan fingerprint density at radius 2 is 1.95 bits per heavy atom. The lowest BCUT2D eigenvalue weighted by atomic mass is 9.76. The normalized spacial score (nSPS) is 28.5. The summed E-state index contributed by atoms with van der Waals surface area (Å²) >= 11 is 0. The minimum absolute atomic E-state index is 0.223. The lowest BCUT2D eigenvalue weighted by molar-refractivity contribution is -0.274. The quantitative estimate of drug-likeness (QED) is 0.305. The van der Waals surface area contributed by atoms with E-state index in [-0.39, 0.29) is 24.1 Å². The molecule has 0 radical (unpaired) electrons. The van der Waals surface area contributed by atoms with Gasteiger partial charge in [-0.15, -0.1) is 13.2 Å². The van der Waals surface area contributed by atoms with Crippen molar-refractivity contribution in [2.45, 2.75) is 82.3 Å². The Bertz CT molecular complexity index is 1640. The Morgan fingerprint density at radius 1 is 1.16 bits per heavy atom. The van der Waals surface area contributed by atoms with Gasteiger partial charge in [0.05, 0.1) is 17.4 Å². The van der Waals surface area contributed by atoms with Gasteiger partial charge in [-0.05, 0) is 58.2 Å². The molecule has 0 bridgehead atoms. The number of aromatic nitrogens is 6. The van der Waals surface area contributed by atoms with Crippen molar-refractivity contribution in [3.63, 3.8) is 0 Å². The number of anilines is 1. The fourth-order valence-electron chi connectivity index (χ4n) is 6.51. The average molecular weight is 603 g/mol. The third-order valence-corrected chi connectivity index (χ3v) is 8.61. The van der Waals surface area contributed by atoms with Gasteiger partial charge in [0.15, 0.2) is 23.5 Å². The number of hydrogen-bond acceptors (Lipinski definition) is 10. The number of aromatic amines is 1. The number of nitrogen functional groups attached to an aromatic ring is 1. The van der Waals surface area contributed by atoms with Crippen LogP contribution in [0.1, 0.15) is 45.2 Å². The first kappa shape index (κ1) is 28.3. The highest BCUT2D eigenvalue weighted by Gasteiger charge is 2.56. The predicted molar refractivity (Wildman–Crippen MR) is 148 cm³/mol. The maximum Gasteiger partial charge on any atom is 0.573 e. The highest BCUT2D eigenvalue weighted by atomic mass is 19.4. The lowest BCUT2D eigenvalue weighted by Crippen LogP contribution is -2.48. The van der Waals surface area contributed by atoms with Gasteiger partial charge in [-0.1, -0.05) is 0 Å². The SMILES string of the molecule is CN(C[C@H]1O[C@@H](n2cnc3c(N)ncnc32)[C@H]2OC(C)(C)O[C@@H]21)C1CC(CCc2nc3ccc(OC(F)(F)F)cc3[nH]2)C1. The van der Waals surface area contributed by atoms with Crippen LogP contribution in [-0.2, 0) is 20.6 Å². The molecule has 0 amide bonds. The molecule has 230 valence electrons. The fourth-order valence-corrected chi connectivity index (χ4v) is 6.51. The third kappa shape index (κ3) is 5.50. The van der Waals surface area contributed by atoms with Crippen LogP contribution in [0.15, 0.2) is 30.9 Å². The summed E-state index contributed by atoms with van der Waals surface area (Å²) in [4.78, 5) is 22.8. The Hall–Kier alpha value is -3.53. The molecule has 3 aromatic heterocycles. The molecule has 3 fully saturated rings. The molecule has 1 saturated carbocycles. The summed E-state index contributed by atoms with van der Waals surface area (Å²) in [7, 11) is 2.11. The van der Waals surface area contributed by atoms with E-state index in [1.54, 1.807) is 6.33 Å². The van der Waals surface area contributed by atoms with Crippen LogP contribution in [0.4, 0.5) is 19.0 Å². The van der Waals surface area contributed by atoms with Crippen molar-refractivity contribution in [1.82, 2.24) is 34.4 Å². The fraction of sp³-hybridized carbons (Fsp3) is 0.571. The Morgan fingerprint density at radius 3 is 2.74 bits per heavy atom. The van der Waals surface area contributed by atoms with Gasteiger partial charge < -0.3 is 34.6 Å². The van der Waals surface area contributed by atoms with E-state index in [0.29, 0.717) is 46.5 Å². The monoisotopic (exact) mass is 602 g/mol. The molecule has 1 aromatic carbocycles. The third-order valence-electron chi connectivity index (χ3n) is 8.61. The standard InChI is InChI=1S/C28H33F3N8O4/c1-27(2)42-22-19(40-26(23(22)43-27)39-13-35-21-24(32)33-12-34-25(21)39)11-38(3)15-8-14(9-15)4-7-20-36-17-6-5-16(10-18(17)37-20)41-28(29,30)31/h5-6,10,12-15,19,22-23,26H,4,7-9,11H2,1-3H3,(H,36,37)(H2,32,33,34)/t14?,15?,19-,22-,23+,26-/m1/s1. The number of aryl methyl sites for hydroxylation is 1. The summed E-state index contributed by atoms with van der Waals surface area (Å²) in [5.41, 5.74) is 8.24. The molecule has 2 saturated heterocycles. The summed E-state index contributed by atoms with van der Waals surface area (Å²) in [5.74, 6) is 0.584. The van der Waals surface area contributed by atoms with E-state index in [4.69, 9.17) is 19.9 Å². The first-order valence-corrected chi connectivity index (χ1v) is 14.3. The Balaban J connectivity index is 0.952. The summed E-state index contributed by atoms with van der Waals surface area (Å²) in [6, 6.07) is 4.54. The van der Waals surface area contributed by atoms with E-state index in [9.17, 15) is 13.2 Å². The number of halogens is 3. The van der Waals surface area contributed by atoms with E-state index in [2.05, 4.69) is 41.6 Å². The van der Waals surface area contributed by atoms with Crippen LogP contribution in [-0.4, -0.2) is 84.5 Å². The Labute approximate surface area is 244 Å². The van der Waals surface area contributed by atoms with E-state index < -0.39 is 18.4 Å². The maximum atomic E-state index is 12.5. The minimum Gasteiger partial charge on any atom is -0.406 e. The number of fused-ring (bicyclic) bond motifs is 3. The highest BCUT2D eigenvalue weighted by molar-refractivity contribution is 5.81. The molecule has 3 aliphatic rings. The summed E-state index contributed by atoms with van der Waals surface area (Å²) in [6.45, 7) is 4.48. The molecule has 15 heteroatoms. The topological polar surface area (TPSA) is 138 Å². The maximum absolute atomic E-state index is 12.5. The molecule has 0 spiro atoms. The first-order valence-electron chi connectivity index (χ1n) is 14.3. The summed E-state index contributed by atoms with van der Waals surface area (Å²) in [5, 5.41) is 0. The number of ether oxygens (including phenoxy) is 4. The van der Waals surface area contributed by atoms with Crippen LogP contribution in [0.25, 0.3) is 22.2 Å². The summed E-state index contributed by atoms with van der Waals surface area (Å²) in [6.07, 6.45) is 0.776. The Kier molecular flexibility index (Phi) is 6.76. The van der Waals surface area contributed by atoms with Crippen LogP contribution in [0.5, 0.6) is 5.75 Å². The van der Waals surface area contributed by atoms with Crippen molar-refractivity contribution < 1.29 is 32.1 Å². The first-order chi connectivity index (χ1) is 20.4. The van der Waals surface area contributed by atoms with Gasteiger partial charge in [0.1, 0.15) is 41.7 Å². The number of likely N-dealkylation sites (N-methyl/N-ethyl adjacent to an activating group) is 1. The van der Waals surface area contributed by atoms with Gasteiger partial charge in [-0.2, -0.15) is 0 Å². The number of nitrogens with zero attached hydrogens (tertiary/aromatic N) is 6. The van der Waals surface area contributed by atoms with E-state index in [1.807, 2.05) is 18.4 Å². The van der Waals surface area contributed by atoms with E-state index >= 15 is 0 Å². The van der Waals surface area contributed by atoms with Crippen molar-refractivity contribution in [3.05, 3.63) is 36.7 Å². The molecule has 4 aromatic rings. The number of benzene rings is 1. The van der Waals surface area contributed by atoms with E-state index in [1.165, 1.54) is 24.5 Å². The molecule has 5 heterocycles. The molecule has 12 nitrogen and oxygen atoms in total. The van der Waals surface area contributed by atoms with Gasteiger partial charge in [0, 0.05) is 25.1 Å². The lowest BCUT2D eigenvalue weighted by Gasteiger charge is -2.42. The van der Waals surface area contributed by atoms with Gasteiger partial charge in [-0.25, -0.2) is 19.9 Å². The second-order valence-corrected chi connectivity index (χ2v) is 12.1. The smallest absolute Gasteiger partial charge is 0.406 e. The zero-order chi connectivity index (χ0) is 30.1. The molecule has 7 rings (SSSR count). The van der Waals surface area contributed by atoms with Crippen LogP contribution in [0.3, 0.4) is 0 Å². The van der Waals surface area contributed by atoms with Crippen molar-refractivity contribution in [3.8, 4) is 5.75 Å². The van der Waals surface area contributed by atoms with Gasteiger partial charge in [0.2, 0.25) is 0 Å². The van der Waals surface area contributed by atoms with Crippen molar-refractivity contribution >= 4 is 28.0 Å². The van der Waals surface area contributed by atoms with Crippen LogP contribution >= 0.6 is 0 Å². The second kappa shape index (κ2) is 10.3. The zero-order valence-electron chi connectivity index (χ0n) is 23.9. The van der Waals surface area contributed by atoms with Gasteiger partial charge in [-0.3, -0.25) is 4.57 Å². The highest BCUT2D eigenvalue weighted by Crippen LogP contribution is 2.45. The molecule has 2 aliphatic heterocycles. The minimum atomic E-state index is -4.73. The van der Waals surface area contributed by atoms with Gasteiger partial charge >= 0.3 is 6.36 Å². The van der Waals surface area contributed by atoms with Crippen molar-refractivity contribution in [1.29, 1.82) is 0 Å². The number of alkyl halides is 3. The molecular formula is C28H33F3N8O4. The van der Waals surface area contributed by atoms with Gasteiger partial charge in [0.25, 0.3) is 0 Å². The summed E-state index contributed by atoms with van der Waals surface area (Å²) < 4.78 is 62.6. The van der Waals surface area contributed by atoms with Crippen LogP contribution in [0.2, 0.25) is 0 Å². The van der Waals surface area contributed by atoms with Crippen molar-refractivity contribution in [2.24, 2.45) is 5.92 Å². The average Bonchev–Trinajstić information content (AvgIpc) is 3.64. The number of H-pyrrole nitrogens is 1. The second-order valence-electron chi connectivity index (χ2n) is 12.1. The number of nitrogens with one attached hydrogen (secondary N) is 1. The number of rotatable bonds is 8. The molecule has 0 unspecified atom stereocenters. The molecule has 4 atom stereocenters. The van der Waals surface area contributed by atoms with Crippen LogP contribution < -0.4 is 10.5 Å². The van der Waals surface area contributed by atoms with Crippen molar-refractivity contribution in [2.75, 3.05) is 19.3 Å².